The molecule has 0 aromatic heterocycles. The van der Waals surface area contributed by atoms with Gasteiger partial charge in [0.2, 0.25) is 11.8 Å². The van der Waals surface area contributed by atoms with Crippen molar-refractivity contribution in [3.8, 4) is 17.2 Å². The van der Waals surface area contributed by atoms with Crippen LogP contribution in [0.4, 0.5) is 5.69 Å². The zero-order valence-electron chi connectivity index (χ0n) is 25.6. The van der Waals surface area contributed by atoms with Gasteiger partial charge in [0.15, 0.2) is 11.5 Å². The normalized spacial score (nSPS) is 11.8. The first-order valence-corrected chi connectivity index (χ1v) is 16.6. The van der Waals surface area contributed by atoms with Crippen molar-refractivity contribution in [2.45, 2.75) is 44.2 Å². The van der Waals surface area contributed by atoms with Crippen molar-refractivity contribution < 1.29 is 32.2 Å². The molecule has 1 unspecified atom stereocenters. The summed E-state index contributed by atoms with van der Waals surface area (Å²) in [4.78, 5) is 28.8. The minimum Gasteiger partial charge on any atom is -0.495 e. The first kappa shape index (κ1) is 36.1. The number of benzene rings is 3. The van der Waals surface area contributed by atoms with Gasteiger partial charge in [-0.3, -0.25) is 13.9 Å². The lowest BCUT2D eigenvalue weighted by molar-refractivity contribution is -0.140. The molecule has 0 saturated carbocycles. The summed E-state index contributed by atoms with van der Waals surface area (Å²) in [5.74, 6) is -0.427. The zero-order chi connectivity index (χ0) is 33.3. The summed E-state index contributed by atoms with van der Waals surface area (Å²) in [6, 6.07) is 12.4. The molecular weight excluding hydrogens is 665 g/mol. The summed E-state index contributed by atoms with van der Waals surface area (Å²) in [6.07, 6.45) is 0.931. The van der Waals surface area contributed by atoms with E-state index in [9.17, 15) is 18.0 Å². The third-order valence-electron chi connectivity index (χ3n) is 6.92. The van der Waals surface area contributed by atoms with Crippen molar-refractivity contribution in [2.75, 3.05) is 38.7 Å². The molecule has 0 bridgehead atoms. The number of methoxy groups -OCH3 is 3. The van der Waals surface area contributed by atoms with Crippen LogP contribution in [0.1, 0.15) is 32.3 Å². The highest BCUT2D eigenvalue weighted by molar-refractivity contribution is 7.92. The highest BCUT2D eigenvalue weighted by atomic mass is 35.5. The van der Waals surface area contributed by atoms with E-state index in [1.165, 1.54) is 68.7 Å². The maximum Gasteiger partial charge on any atom is 0.265 e. The van der Waals surface area contributed by atoms with Crippen LogP contribution in [0, 0.1) is 0 Å². The molecule has 45 heavy (non-hydrogen) atoms. The summed E-state index contributed by atoms with van der Waals surface area (Å²) >= 11 is 18.9. The van der Waals surface area contributed by atoms with Gasteiger partial charge >= 0.3 is 0 Å². The lowest BCUT2D eigenvalue weighted by Gasteiger charge is -2.33. The SMILES string of the molecule is CCCNC(=O)C(CC)N(Cc1ccc(Cl)cc1Cl)C(=O)CN(c1cc(Cl)ccc1OC)S(=O)(=O)c1ccc(OC)c(OC)c1. The van der Waals surface area contributed by atoms with E-state index in [1.54, 1.807) is 19.1 Å². The summed E-state index contributed by atoms with van der Waals surface area (Å²) < 4.78 is 45.7. The second-order valence-electron chi connectivity index (χ2n) is 9.82. The molecule has 3 rings (SSSR count). The average molecular weight is 701 g/mol. The molecule has 14 heteroatoms. The number of hydrogen-bond acceptors (Lipinski definition) is 7. The Labute approximate surface area is 279 Å². The predicted molar refractivity (Wildman–Crippen MR) is 176 cm³/mol. The number of rotatable bonds is 15. The monoisotopic (exact) mass is 699 g/mol. The molecule has 0 aliphatic heterocycles. The average Bonchev–Trinajstić information content (AvgIpc) is 3.02. The first-order chi connectivity index (χ1) is 21.4. The topological polar surface area (TPSA) is 114 Å². The van der Waals surface area contributed by atoms with Crippen LogP contribution >= 0.6 is 34.8 Å². The van der Waals surface area contributed by atoms with Crippen LogP contribution in [-0.2, 0) is 26.2 Å². The Kier molecular flexibility index (Phi) is 13.0. The molecule has 0 spiro atoms. The highest BCUT2D eigenvalue weighted by Gasteiger charge is 2.35. The van der Waals surface area contributed by atoms with Gasteiger partial charge in [0.25, 0.3) is 10.0 Å². The van der Waals surface area contributed by atoms with Crippen LogP contribution in [0.5, 0.6) is 17.2 Å². The number of nitrogens with zero attached hydrogens (tertiary/aromatic N) is 2. The van der Waals surface area contributed by atoms with Crippen LogP contribution in [0.15, 0.2) is 59.5 Å². The molecule has 1 atom stereocenters. The maximum absolute atomic E-state index is 14.3. The number of hydrogen-bond donors (Lipinski definition) is 1. The maximum atomic E-state index is 14.3. The molecule has 0 aliphatic rings. The lowest BCUT2D eigenvalue weighted by Crippen LogP contribution is -2.52. The van der Waals surface area contributed by atoms with Gasteiger partial charge in [0, 0.05) is 34.2 Å². The first-order valence-electron chi connectivity index (χ1n) is 14.0. The fourth-order valence-corrected chi connectivity index (χ4v) is 6.66. The molecule has 0 aliphatic carbocycles. The zero-order valence-corrected chi connectivity index (χ0v) is 28.7. The Morgan fingerprint density at radius 2 is 1.47 bits per heavy atom. The number of ether oxygens (including phenoxy) is 3. The van der Waals surface area contributed by atoms with Crippen molar-refractivity contribution in [1.82, 2.24) is 10.2 Å². The van der Waals surface area contributed by atoms with Crippen molar-refractivity contribution in [2.24, 2.45) is 0 Å². The predicted octanol–water partition coefficient (Wildman–Crippen LogP) is 6.20. The van der Waals surface area contributed by atoms with E-state index in [1.807, 2.05) is 6.92 Å². The van der Waals surface area contributed by atoms with E-state index in [0.29, 0.717) is 29.3 Å². The summed E-state index contributed by atoms with van der Waals surface area (Å²) in [6.45, 7) is 3.27. The van der Waals surface area contributed by atoms with E-state index in [0.717, 1.165) is 4.31 Å². The minimum absolute atomic E-state index is 0.0149. The Hall–Kier alpha value is -3.38. The number of halogens is 3. The largest absolute Gasteiger partial charge is 0.495 e. The van der Waals surface area contributed by atoms with Crippen LogP contribution in [0.25, 0.3) is 0 Å². The van der Waals surface area contributed by atoms with E-state index >= 15 is 0 Å². The van der Waals surface area contributed by atoms with Crippen LogP contribution in [0.2, 0.25) is 15.1 Å². The standard InChI is InChI=1S/C31H36Cl3N3O7S/c1-6-14-35-31(39)25(7-2)36(18-20-8-9-21(32)15-24(20)34)30(38)19-37(26-16-22(33)10-12-27(26)42-3)45(40,41)23-11-13-28(43-4)29(17-23)44-5/h8-13,15-17,25H,6-7,14,18-19H2,1-5H3,(H,35,39). The van der Waals surface area contributed by atoms with Crippen LogP contribution in [-0.4, -0.2) is 65.6 Å². The molecule has 0 heterocycles. The van der Waals surface area contributed by atoms with Gasteiger partial charge in [-0.2, -0.15) is 0 Å². The molecule has 10 nitrogen and oxygen atoms in total. The molecule has 0 radical (unpaired) electrons. The summed E-state index contributed by atoms with van der Waals surface area (Å²) in [7, 11) is -0.299. The number of carbonyl (C=O) groups is 2. The summed E-state index contributed by atoms with van der Waals surface area (Å²) in [5, 5.41) is 3.73. The number of nitrogens with one attached hydrogen (secondary N) is 1. The van der Waals surface area contributed by atoms with E-state index in [2.05, 4.69) is 5.32 Å². The second-order valence-corrected chi connectivity index (χ2v) is 13.0. The molecule has 0 saturated heterocycles. The van der Waals surface area contributed by atoms with Crippen LogP contribution in [0.3, 0.4) is 0 Å². The molecule has 2 amide bonds. The minimum atomic E-state index is -4.48. The number of anilines is 1. The lowest BCUT2D eigenvalue weighted by atomic mass is 10.1. The number of amides is 2. The van der Waals surface area contributed by atoms with Gasteiger partial charge in [0.05, 0.1) is 31.9 Å². The Bertz CT molecular complexity index is 1620. The van der Waals surface area contributed by atoms with E-state index in [4.69, 9.17) is 49.0 Å². The van der Waals surface area contributed by atoms with Crippen molar-refractivity contribution in [3.05, 3.63) is 75.2 Å². The van der Waals surface area contributed by atoms with Gasteiger partial charge in [-0.25, -0.2) is 8.42 Å². The highest BCUT2D eigenvalue weighted by Crippen LogP contribution is 2.37. The van der Waals surface area contributed by atoms with Crippen molar-refractivity contribution in [3.63, 3.8) is 0 Å². The fraction of sp³-hybridized carbons (Fsp3) is 0.355. The Morgan fingerprint density at radius 3 is 2.07 bits per heavy atom. The molecular formula is C31H36Cl3N3O7S. The smallest absolute Gasteiger partial charge is 0.265 e. The fourth-order valence-electron chi connectivity index (χ4n) is 4.59. The molecule has 3 aromatic carbocycles. The van der Waals surface area contributed by atoms with Gasteiger partial charge in [-0.05, 0) is 60.9 Å². The third kappa shape index (κ3) is 8.66. The molecule has 1 N–H and O–H groups in total. The molecule has 3 aromatic rings. The molecule has 0 fully saturated rings. The Balaban J connectivity index is 2.19. The van der Waals surface area contributed by atoms with Crippen molar-refractivity contribution >= 4 is 62.3 Å². The second kappa shape index (κ2) is 16.3. The molecule has 244 valence electrons. The number of carbonyl (C=O) groups excluding carboxylic acids is 2. The van der Waals surface area contributed by atoms with E-state index < -0.39 is 28.5 Å². The van der Waals surface area contributed by atoms with E-state index in [-0.39, 0.29) is 51.0 Å². The van der Waals surface area contributed by atoms with Crippen LogP contribution < -0.4 is 23.8 Å². The van der Waals surface area contributed by atoms with Gasteiger partial charge in [-0.1, -0.05) is 54.7 Å². The van der Waals surface area contributed by atoms with Crippen molar-refractivity contribution in [1.29, 1.82) is 0 Å². The van der Waals surface area contributed by atoms with Gasteiger partial charge < -0.3 is 24.4 Å². The third-order valence-corrected chi connectivity index (χ3v) is 9.50. The Morgan fingerprint density at radius 1 is 0.844 bits per heavy atom. The quantitative estimate of drug-likeness (QED) is 0.201. The van der Waals surface area contributed by atoms with Gasteiger partial charge in [0.1, 0.15) is 18.3 Å². The van der Waals surface area contributed by atoms with Gasteiger partial charge in [-0.15, -0.1) is 0 Å². The number of sulfonamides is 1. The summed E-state index contributed by atoms with van der Waals surface area (Å²) in [5.41, 5.74) is 0.534.